The van der Waals surface area contributed by atoms with E-state index in [9.17, 15) is 10.5 Å². The largest absolute Gasteiger partial charge is 0.367 e. The van der Waals surface area contributed by atoms with Crippen LogP contribution in [0.15, 0.2) is 41.7 Å². The molecule has 0 aliphatic carbocycles. The summed E-state index contributed by atoms with van der Waals surface area (Å²) in [5.41, 5.74) is 1.58. The zero-order valence-electron chi connectivity index (χ0n) is 19.2. The van der Waals surface area contributed by atoms with Crippen LogP contribution in [-0.4, -0.2) is 66.1 Å². The van der Waals surface area contributed by atoms with Gasteiger partial charge in [-0.1, -0.05) is 36.8 Å². The molecular weight excluding hydrogens is 396 g/mol. The smallest absolute Gasteiger partial charge is 0.169 e. The molecule has 32 heavy (non-hydrogen) atoms. The maximum absolute atomic E-state index is 9.61. The van der Waals surface area contributed by atoms with Crippen LogP contribution in [0.4, 0.5) is 0 Å². The van der Waals surface area contributed by atoms with Gasteiger partial charge in [0.15, 0.2) is 5.57 Å². The predicted octanol–water partition coefficient (Wildman–Crippen LogP) is 3.45. The number of benzene rings is 1. The van der Waals surface area contributed by atoms with Gasteiger partial charge in [-0.15, -0.1) is 0 Å². The van der Waals surface area contributed by atoms with Gasteiger partial charge >= 0.3 is 0 Å². The molecule has 3 fully saturated rings. The van der Waals surface area contributed by atoms with E-state index in [1.165, 1.54) is 37.9 Å². The summed E-state index contributed by atoms with van der Waals surface area (Å²) in [6, 6.07) is 15.9. The number of nitrogens with zero attached hydrogens (tertiary/aromatic N) is 5. The summed E-state index contributed by atoms with van der Waals surface area (Å²) in [6.45, 7) is 7.36. The Balaban J connectivity index is 1.32. The lowest BCUT2D eigenvalue weighted by Crippen LogP contribution is -2.50. The summed E-state index contributed by atoms with van der Waals surface area (Å²) in [4.78, 5) is 7.42. The molecule has 6 heteroatoms. The lowest BCUT2D eigenvalue weighted by atomic mass is 9.99. The average molecular weight is 433 g/mol. The van der Waals surface area contributed by atoms with E-state index >= 15 is 0 Å². The van der Waals surface area contributed by atoms with E-state index in [2.05, 4.69) is 62.5 Å². The minimum absolute atomic E-state index is 0.230. The van der Waals surface area contributed by atoms with Gasteiger partial charge in [0.1, 0.15) is 18.0 Å². The highest BCUT2D eigenvalue weighted by Gasteiger charge is 2.29. The Kier molecular flexibility index (Phi) is 8.04. The molecule has 3 heterocycles. The van der Waals surface area contributed by atoms with Gasteiger partial charge in [0.2, 0.25) is 0 Å². The summed E-state index contributed by atoms with van der Waals surface area (Å²) in [7, 11) is 0. The van der Waals surface area contributed by atoms with Crippen LogP contribution < -0.4 is 5.32 Å². The standard InChI is InChI=1S/C26H36N6/c27-19-23(20-28)26(32-17-11-25(12-18-32)31-13-5-2-6-14-31)29-24-9-15-30(16-10-24)21-22-7-3-1-4-8-22/h1,3-4,7-8,24-25,29H,2,5-6,9-18,21H2. The molecule has 1 N–H and O–H groups in total. The summed E-state index contributed by atoms with van der Waals surface area (Å²) in [6.07, 6.45) is 8.31. The number of likely N-dealkylation sites (tertiary alicyclic amines) is 3. The van der Waals surface area contributed by atoms with E-state index in [0.29, 0.717) is 12.1 Å². The van der Waals surface area contributed by atoms with Crippen LogP contribution in [0.25, 0.3) is 0 Å². The monoisotopic (exact) mass is 432 g/mol. The minimum Gasteiger partial charge on any atom is -0.367 e. The third-order valence-electron chi connectivity index (χ3n) is 7.33. The first-order valence-electron chi connectivity index (χ1n) is 12.3. The summed E-state index contributed by atoms with van der Waals surface area (Å²) in [5.74, 6) is 0.772. The Morgan fingerprint density at radius 3 is 2.12 bits per heavy atom. The molecule has 3 saturated heterocycles. The number of hydrogen-bond donors (Lipinski definition) is 1. The van der Waals surface area contributed by atoms with Crippen molar-refractivity contribution in [3.63, 3.8) is 0 Å². The second kappa shape index (κ2) is 11.4. The lowest BCUT2D eigenvalue weighted by Gasteiger charge is -2.42. The Bertz CT molecular complexity index is 813. The summed E-state index contributed by atoms with van der Waals surface area (Å²) in [5, 5.41) is 22.8. The third kappa shape index (κ3) is 5.82. The Hall–Kier alpha value is -2.54. The molecule has 3 aliphatic rings. The fourth-order valence-electron chi connectivity index (χ4n) is 5.46. The molecule has 0 atom stereocenters. The Morgan fingerprint density at radius 2 is 1.50 bits per heavy atom. The number of allylic oxidation sites excluding steroid dienone is 1. The van der Waals surface area contributed by atoms with Crippen LogP contribution >= 0.6 is 0 Å². The first-order valence-corrected chi connectivity index (χ1v) is 12.3. The molecule has 4 rings (SSSR count). The number of hydrogen-bond acceptors (Lipinski definition) is 6. The Morgan fingerprint density at radius 1 is 0.844 bits per heavy atom. The predicted molar refractivity (Wildman–Crippen MR) is 126 cm³/mol. The molecule has 0 radical (unpaired) electrons. The van der Waals surface area contributed by atoms with Crippen LogP contribution in [0.3, 0.4) is 0 Å². The van der Waals surface area contributed by atoms with E-state index < -0.39 is 0 Å². The van der Waals surface area contributed by atoms with Gasteiger partial charge in [-0.05, 0) is 57.2 Å². The van der Waals surface area contributed by atoms with Crippen molar-refractivity contribution in [3.05, 3.63) is 47.3 Å². The molecule has 170 valence electrons. The summed E-state index contributed by atoms with van der Waals surface area (Å²) >= 11 is 0. The molecule has 0 saturated carbocycles. The second-order valence-electron chi connectivity index (χ2n) is 9.44. The van der Waals surface area contributed by atoms with Crippen LogP contribution in [0, 0.1) is 22.7 Å². The molecule has 6 nitrogen and oxygen atoms in total. The van der Waals surface area contributed by atoms with Gasteiger partial charge < -0.3 is 15.1 Å². The number of nitrogens with one attached hydrogen (secondary N) is 1. The lowest BCUT2D eigenvalue weighted by molar-refractivity contribution is 0.0996. The van der Waals surface area contributed by atoms with Crippen molar-refractivity contribution in [1.29, 1.82) is 10.5 Å². The molecule has 0 spiro atoms. The van der Waals surface area contributed by atoms with Crippen molar-refractivity contribution in [2.75, 3.05) is 39.3 Å². The minimum atomic E-state index is 0.230. The zero-order valence-corrected chi connectivity index (χ0v) is 19.2. The van der Waals surface area contributed by atoms with E-state index in [-0.39, 0.29) is 5.57 Å². The highest BCUT2D eigenvalue weighted by atomic mass is 15.3. The van der Waals surface area contributed by atoms with Crippen LogP contribution in [0.2, 0.25) is 0 Å². The fourth-order valence-corrected chi connectivity index (χ4v) is 5.46. The molecule has 0 aromatic heterocycles. The SMILES string of the molecule is N#CC(C#N)=C(NC1CCN(Cc2ccccc2)CC1)N1CCC(N2CCCCC2)CC1. The average Bonchev–Trinajstić information content (AvgIpc) is 2.86. The van der Waals surface area contributed by atoms with Crippen LogP contribution in [0.5, 0.6) is 0 Å². The number of nitriles is 2. The maximum atomic E-state index is 9.61. The van der Waals surface area contributed by atoms with Gasteiger partial charge in [-0.3, -0.25) is 4.90 Å². The molecule has 0 amide bonds. The molecule has 0 unspecified atom stereocenters. The quantitative estimate of drug-likeness (QED) is 0.695. The molecular formula is C26H36N6. The number of rotatable bonds is 6. The zero-order chi connectivity index (χ0) is 22.2. The van der Waals surface area contributed by atoms with E-state index in [4.69, 9.17) is 0 Å². The molecule has 3 aliphatic heterocycles. The van der Waals surface area contributed by atoms with Gasteiger partial charge in [-0.25, -0.2) is 0 Å². The van der Waals surface area contributed by atoms with Crippen molar-refractivity contribution in [1.82, 2.24) is 20.0 Å². The van der Waals surface area contributed by atoms with Crippen molar-refractivity contribution in [2.45, 2.75) is 63.6 Å². The first-order chi connectivity index (χ1) is 15.8. The van der Waals surface area contributed by atoms with E-state index in [1.54, 1.807) is 0 Å². The van der Waals surface area contributed by atoms with E-state index in [1.807, 2.05) is 0 Å². The molecule has 1 aromatic carbocycles. The van der Waals surface area contributed by atoms with Crippen molar-refractivity contribution in [2.24, 2.45) is 0 Å². The van der Waals surface area contributed by atoms with Gasteiger partial charge in [-0.2, -0.15) is 10.5 Å². The summed E-state index contributed by atoms with van der Waals surface area (Å²) < 4.78 is 0. The number of piperidine rings is 3. The van der Waals surface area contributed by atoms with Gasteiger partial charge in [0.05, 0.1) is 0 Å². The Labute approximate surface area is 193 Å². The highest BCUT2D eigenvalue weighted by molar-refractivity contribution is 5.39. The maximum Gasteiger partial charge on any atom is 0.169 e. The van der Waals surface area contributed by atoms with Crippen LogP contribution in [0.1, 0.15) is 50.5 Å². The first kappa shape index (κ1) is 22.6. The van der Waals surface area contributed by atoms with Crippen molar-refractivity contribution >= 4 is 0 Å². The molecule has 0 bridgehead atoms. The van der Waals surface area contributed by atoms with Crippen LogP contribution in [-0.2, 0) is 6.54 Å². The third-order valence-corrected chi connectivity index (χ3v) is 7.33. The van der Waals surface area contributed by atoms with Gasteiger partial charge in [0.25, 0.3) is 0 Å². The van der Waals surface area contributed by atoms with E-state index in [0.717, 1.165) is 64.2 Å². The molecule has 1 aromatic rings. The van der Waals surface area contributed by atoms with Crippen molar-refractivity contribution < 1.29 is 0 Å². The van der Waals surface area contributed by atoms with Gasteiger partial charge in [0, 0.05) is 44.8 Å². The topological polar surface area (TPSA) is 69.3 Å². The second-order valence-corrected chi connectivity index (χ2v) is 9.44. The fraction of sp³-hybridized carbons (Fsp3) is 0.615. The van der Waals surface area contributed by atoms with Crippen molar-refractivity contribution in [3.8, 4) is 12.1 Å². The normalized spacial score (nSPS) is 21.5. The highest BCUT2D eigenvalue weighted by Crippen LogP contribution is 2.24.